The molecule has 5 aliphatic rings. The third-order valence-corrected chi connectivity index (χ3v) is 10.7. The molecule has 2 bridgehead atoms. The monoisotopic (exact) mass is 642 g/mol. The number of nitrogens with zero attached hydrogens (tertiary/aromatic N) is 6. The summed E-state index contributed by atoms with van der Waals surface area (Å²) in [5, 5.41) is 4.56. The summed E-state index contributed by atoms with van der Waals surface area (Å²) in [4.78, 5) is 22.7. The van der Waals surface area contributed by atoms with E-state index in [0.717, 1.165) is 19.3 Å². The number of terminal acetylenes is 1. The molecule has 4 fully saturated rings. The van der Waals surface area contributed by atoms with Crippen LogP contribution in [0.5, 0.6) is 11.9 Å². The van der Waals surface area contributed by atoms with Gasteiger partial charge in [-0.2, -0.15) is 9.97 Å². The van der Waals surface area contributed by atoms with Gasteiger partial charge in [-0.15, -0.1) is 6.42 Å². The third-order valence-electron chi connectivity index (χ3n) is 10.7. The number of alkyl halides is 2. The van der Waals surface area contributed by atoms with Gasteiger partial charge >= 0.3 is 6.01 Å². The summed E-state index contributed by atoms with van der Waals surface area (Å²) in [7, 11) is 0. The first kappa shape index (κ1) is 28.8. The van der Waals surface area contributed by atoms with E-state index in [2.05, 4.69) is 26.1 Å². The Kier molecular flexibility index (Phi) is 6.15. The van der Waals surface area contributed by atoms with Crippen LogP contribution in [0.4, 0.5) is 24.8 Å². The van der Waals surface area contributed by atoms with Crippen molar-refractivity contribution in [3.8, 4) is 35.5 Å². The van der Waals surface area contributed by atoms with Gasteiger partial charge in [0.05, 0.1) is 23.6 Å². The van der Waals surface area contributed by atoms with Crippen LogP contribution in [0.15, 0.2) is 24.3 Å². The molecule has 5 aliphatic heterocycles. The molecular weight excluding hydrogens is 609 g/mol. The minimum atomic E-state index is -2.80. The Hall–Kier alpha value is -4.41. The topological polar surface area (TPSA) is 115 Å². The van der Waals surface area contributed by atoms with Crippen molar-refractivity contribution in [2.24, 2.45) is 0 Å². The second-order valence-electron chi connectivity index (χ2n) is 13.7. The number of benzene rings is 1. The predicted molar refractivity (Wildman–Crippen MR) is 170 cm³/mol. The number of nitrogen functional groups attached to an aromatic ring is 1. The summed E-state index contributed by atoms with van der Waals surface area (Å²) in [6, 6.07) is 6.99. The Balaban J connectivity index is 1.25. The Morgan fingerprint density at radius 2 is 2.06 bits per heavy atom. The van der Waals surface area contributed by atoms with E-state index in [1.165, 1.54) is 0 Å². The number of pyridine rings is 2. The van der Waals surface area contributed by atoms with Gasteiger partial charge in [0, 0.05) is 41.6 Å². The average Bonchev–Trinajstić information content (AvgIpc) is 3.66. The zero-order valence-electron chi connectivity index (χ0n) is 25.8. The summed E-state index contributed by atoms with van der Waals surface area (Å²) in [5.74, 6) is -0.0329. The Bertz CT molecular complexity index is 2020. The maximum absolute atomic E-state index is 17.1. The van der Waals surface area contributed by atoms with Crippen LogP contribution in [0.1, 0.15) is 44.6 Å². The molecule has 5 atom stereocenters. The number of nitrogens with one attached hydrogen (secondary N) is 1. The van der Waals surface area contributed by atoms with Gasteiger partial charge in [0.2, 0.25) is 5.88 Å². The highest BCUT2D eigenvalue weighted by Crippen LogP contribution is 2.48. The second kappa shape index (κ2) is 10.0. The van der Waals surface area contributed by atoms with Crippen molar-refractivity contribution < 1.29 is 22.6 Å². The third kappa shape index (κ3) is 4.34. The second-order valence-corrected chi connectivity index (χ2v) is 13.7. The predicted octanol–water partition coefficient (Wildman–Crippen LogP) is 4.29. The molecule has 1 aromatic carbocycles. The maximum Gasteiger partial charge on any atom is 0.319 e. The van der Waals surface area contributed by atoms with Crippen molar-refractivity contribution >= 4 is 33.4 Å². The molecule has 13 heteroatoms. The summed E-state index contributed by atoms with van der Waals surface area (Å²) in [5.41, 5.74) is 6.65. The van der Waals surface area contributed by atoms with Gasteiger partial charge in [-0.25, -0.2) is 23.1 Å². The van der Waals surface area contributed by atoms with Gasteiger partial charge < -0.3 is 25.4 Å². The van der Waals surface area contributed by atoms with Crippen LogP contribution in [-0.4, -0.2) is 86.8 Å². The summed E-state index contributed by atoms with van der Waals surface area (Å²) in [6.45, 7) is 2.87. The molecule has 9 rings (SSSR count). The Morgan fingerprint density at radius 3 is 2.91 bits per heavy atom. The lowest BCUT2D eigenvalue weighted by Crippen LogP contribution is -2.62. The molecule has 0 radical (unpaired) electrons. The van der Waals surface area contributed by atoms with E-state index in [-0.39, 0.29) is 72.7 Å². The highest BCUT2D eigenvalue weighted by molar-refractivity contribution is 6.03. The van der Waals surface area contributed by atoms with Gasteiger partial charge in [0.25, 0.3) is 5.92 Å². The largest absolute Gasteiger partial charge is 0.472 e. The molecule has 0 aliphatic carbocycles. The standard InChI is InChI=1S/C34H33F3N8O2/c1-3-18-6-4-7-21-24(18)20(12-23(38)40-21)27-26(35)28-25-30(45-13-19-8-9-22(39-19)29(45)17(2)47-31(25)41-27)43-32(42-28)46-16-33-10-5-11-44(33)15-34(36,37)14-33/h1,4,6-7,12,17,19,22,29,39H,5,8-11,13-16H2,2H3,(H2,38,40)/t17-,19+,22-,29+,33?/m0/s1. The van der Waals surface area contributed by atoms with Crippen molar-refractivity contribution in [2.45, 2.75) is 74.7 Å². The fourth-order valence-electron chi connectivity index (χ4n) is 8.82. The number of hydrogen-bond acceptors (Lipinski definition) is 10. The van der Waals surface area contributed by atoms with E-state index in [4.69, 9.17) is 31.6 Å². The van der Waals surface area contributed by atoms with E-state index in [9.17, 15) is 8.78 Å². The molecule has 3 aromatic heterocycles. The number of aromatic nitrogens is 4. The number of ether oxygens (including phenoxy) is 2. The van der Waals surface area contributed by atoms with E-state index >= 15 is 4.39 Å². The molecule has 0 spiro atoms. The molecule has 0 saturated carbocycles. The smallest absolute Gasteiger partial charge is 0.319 e. The highest BCUT2D eigenvalue weighted by Gasteiger charge is 2.57. The highest BCUT2D eigenvalue weighted by atomic mass is 19.3. The van der Waals surface area contributed by atoms with Crippen LogP contribution in [0.2, 0.25) is 0 Å². The summed E-state index contributed by atoms with van der Waals surface area (Å²) >= 11 is 0. The van der Waals surface area contributed by atoms with E-state index in [0.29, 0.717) is 52.7 Å². The van der Waals surface area contributed by atoms with Gasteiger partial charge in [-0.05, 0) is 57.4 Å². The summed E-state index contributed by atoms with van der Waals surface area (Å²) in [6.07, 6.45) is 8.57. The first-order valence-electron chi connectivity index (χ1n) is 16.2. The fraction of sp³-hybridized carbons (Fsp3) is 0.471. The van der Waals surface area contributed by atoms with Crippen LogP contribution in [0, 0.1) is 18.2 Å². The number of fused-ring (bicyclic) bond motifs is 7. The zero-order chi connectivity index (χ0) is 32.2. The quantitative estimate of drug-likeness (QED) is 0.313. The molecule has 0 amide bonds. The number of piperazine rings is 1. The van der Waals surface area contributed by atoms with E-state index in [1.54, 1.807) is 24.3 Å². The van der Waals surface area contributed by atoms with Gasteiger partial charge in [0.1, 0.15) is 40.9 Å². The van der Waals surface area contributed by atoms with E-state index < -0.39 is 17.3 Å². The van der Waals surface area contributed by atoms with Crippen LogP contribution < -0.4 is 25.4 Å². The molecular formula is C34H33F3N8O2. The van der Waals surface area contributed by atoms with Crippen LogP contribution in [0.25, 0.3) is 33.1 Å². The Labute approximate surface area is 268 Å². The molecule has 3 N–H and O–H groups in total. The lowest BCUT2D eigenvalue weighted by atomic mass is 9.94. The fourth-order valence-corrected chi connectivity index (χ4v) is 8.82. The number of halogens is 3. The molecule has 4 aromatic rings. The van der Waals surface area contributed by atoms with Crippen LogP contribution in [-0.2, 0) is 0 Å². The van der Waals surface area contributed by atoms with Crippen molar-refractivity contribution in [1.29, 1.82) is 0 Å². The molecule has 4 saturated heterocycles. The van der Waals surface area contributed by atoms with Gasteiger partial charge in [0.15, 0.2) is 5.82 Å². The number of hydrogen-bond donors (Lipinski definition) is 2. The van der Waals surface area contributed by atoms with Crippen LogP contribution in [0.3, 0.4) is 0 Å². The lowest BCUT2D eigenvalue weighted by Gasteiger charge is -2.42. The summed E-state index contributed by atoms with van der Waals surface area (Å²) < 4.78 is 59.1. The molecule has 10 nitrogen and oxygen atoms in total. The van der Waals surface area contributed by atoms with Crippen LogP contribution >= 0.6 is 0 Å². The molecule has 242 valence electrons. The first-order chi connectivity index (χ1) is 22.6. The zero-order valence-corrected chi connectivity index (χ0v) is 25.8. The lowest BCUT2D eigenvalue weighted by molar-refractivity contribution is 0.00803. The molecule has 8 heterocycles. The minimum absolute atomic E-state index is 0.0276. The molecule has 47 heavy (non-hydrogen) atoms. The van der Waals surface area contributed by atoms with Crippen molar-refractivity contribution in [1.82, 2.24) is 30.2 Å². The number of rotatable bonds is 4. The van der Waals surface area contributed by atoms with Crippen molar-refractivity contribution in [3.63, 3.8) is 0 Å². The first-order valence-corrected chi connectivity index (χ1v) is 16.2. The Morgan fingerprint density at radius 1 is 1.19 bits per heavy atom. The normalized spacial score (nSPS) is 29.0. The van der Waals surface area contributed by atoms with E-state index in [1.807, 2.05) is 11.8 Å². The average molecular weight is 643 g/mol. The van der Waals surface area contributed by atoms with Gasteiger partial charge in [-0.1, -0.05) is 12.0 Å². The minimum Gasteiger partial charge on any atom is -0.472 e. The molecule has 1 unspecified atom stereocenters. The number of nitrogens with two attached hydrogens (primary N) is 1. The maximum atomic E-state index is 17.1. The SMILES string of the molecule is C#Cc1cccc2nc(N)cc(-c3nc4c5c(nc(OCC67CCCN6CC(F)(F)C7)nc5c3F)N3C[C@H]5CC[C@H](N5)[C@H]3[C@H](C)O4)c12. The van der Waals surface area contributed by atoms with Crippen molar-refractivity contribution in [3.05, 3.63) is 35.6 Å². The van der Waals surface area contributed by atoms with Crippen molar-refractivity contribution in [2.75, 3.05) is 36.9 Å². The number of anilines is 2. The van der Waals surface area contributed by atoms with Gasteiger partial charge in [-0.3, -0.25) is 4.90 Å².